The molecule has 3 N–H and O–H groups in total. The fourth-order valence-electron chi connectivity index (χ4n) is 1.50. The van der Waals surface area contributed by atoms with Crippen molar-refractivity contribution in [3.63, 3.8) is 0 Å². The molecule has 6 nitrogen and oxygen atoms in total. The Balaban J connectivity index is 2.83. The highest BCUT2D eigenvalue weighted by molar-refractivity contribution is 7.99. The molecule has 18 heavy (non-hydrogen) atoms. The molecule has 0 saturated carbocycles. The van der Waals surface area contributed by atoms with E-state index in [1.807, 2.05) is 0 Å². The van der Waals surface area contributed by atoms with Gasteiger partial charge in [-0.15, -0.1) is 0 Å². The number of thioether (sulfide) groups is 1. The molecule has 0 unspecified atom stereocenters. The number of carboxylic acid groups (broad SMARTS) is 1. The number of aromatic nitrogens is 2. The van der Waals surface area contributed by atoms with E-state index in [-0.39, 0.29) is 12.2 Å². The van der Waals surface area contributed by atoms with E-state index >= 15 is 0 Å². The van der Waals surface area contributed by atoms with Crippen molar-refractivity contribution in [2.24, 2.45) is 5.73 Å². The van der Waals surface area contributed by atoms with Crippen molar-refractivity contribution in [3.8, 4) is 0 Å². The molecule has 0 radical (unpaired) electrons. The number of aliphatic carboxylic acids is 1. The van der Waals surface area contributed by atoms with Crippen molar-refractivity contribution in [2.75, 3.05) is 5.75 Å². The van der Waals surface area contributed by atoms with Gasteiger partial charge >= 0.3 is 5.97 Å². The first-order chi connectivity index (χ1) is 8.40. The zero-order valence-corrected chi connectivity index (χ0v) is 11.1. The molecular formula is C11H15N3O3S. The lowest BCUT2D eigenvalue weighted by Crippen LogP contribution is -2.14. The summed E-state index contributed by atoms with van der Waals surface area (Å²) in [6, 6.07) is 0. The van der Waals surface area contributed by atoms with Gasteiger partial charge in [0.2, 0.25) is 5.91 Å². The second-order valence-electron chi connectivity index (χ2n) is 3.80. The Kier molecular flexibility index (Phi) is 5.08. The van der Waals surface area contributed by atoms with Crippen LogP contribution in [0.25, 0.3) is 0 Å². The third-order valence-corrected chi connectivity index (χ3v) is 3.20. The number of rotatable bonds is 6. The molecule has 1 rings (SSSR count). The van der Waals surface area contributed by atoms with Crippen LogP contribution in [0.15, 0.2) is 5.16 Å². The van der Waals surface area contributed by atoms with Crippen molar-refractivity contribution >= 4 is 23.6 Å². The Hall–Kier alpha value is -1.63. The summed E-state index contributed by atoms with van der Waals surface area (Å²) in [5.74, 6) is -1.14. The fraction of sp³-hybridized carbons (Fsp3) is 0.455. The summed E-state index contributed by atoms with van der Waals surface area (Å²) in [4.78, 5) is 29.7. The Morgan fingerprint density at radius 2 is 1.83 bits per heavy atom. The van der Waals surface area contributed by atoms with E-state index in [2.05, 4.69) is 9.97 Å². The molecule has 0 aliphatic carbocycles. The van der Waals surface area contributed by atoms with Gasteiger partial charge in [-0.05, 0) is 25.8 Å². The lowest BCUT2D eigenvalue weighted by atomic mass is 10.1. The first-order valence-corrected chi connectivity index (χ1v) is 6.35. The third kappa shape index (κ3) is 4.33. The number of aryl methyl sites for hydroxylation is 2. The van der Waals surface area contributed by atoms with E-state index in [9.17, 15) is 9.59 Å². The summed E-state index contributed by atoms with van der Waals surface area (Å²) in [5.41, 5.74) is 7.39. The highest BCUT2D eigenvalue weighted by Gasteiger charge is 2.11. The van der Waals surface area contributed by atoms with Gasteiger partial charge in [0.25, 0.3) is 0 Å². The minimum Gasteiger partial charge on any atom is -0.481 e. The van der Waals surface area contributed by atoms with Crippen LogP contribution >= 0.6 is 11.8 Å². The number of amides is 1. The molecule has 1 heterocycles. The predicted octanol–water partition coefficient (Wildman–Crippen LogP) is 0.688. The van der Waals surface area contributed by atoms with E-state index in [0.29, 0.717) is 11.6 Å². The number of nitrogens with two attached hydrogens (primary N) is 1. The average molecular weight is 269 g/mol. The van der Waals surface area contributed by atoms with Gasteiger partial charge in [-0.1, -0.05) is 11.8 Å². The van der Waals surface area contributed by atoms with Crippen molar-refractivity contribution in [1.82, 2.24) is 9.97 Å². The number of nitrogens with zero attached hydrogens (tertiary/aromatic N) is 2. The van der Waals surface area contributed by atoms with Crippen molar-refractivity contribution in [1.29, 1.82) is 0 Å². The molecule has 0 fully saturated rings. The normalized spacial score (nSPS) is 10.3. The summed E-state index contributed by atoms with van der Waals surface area (Å²) in [6.07, 6.45) is 0.465. The molecule has 0 aliphatic heterocycles. The lowest BCUT2D eigenvalue weighted by molar-refractivity contribution is -0.137. The predicted molar refractivity (Wildman–Crippen MR) is 67.4 cm³/mol. The van der Waals surface area contributed by atoms with Crippen molar-refractivity contribution < 1.29 is 14.7 Å². The maximum absolute atomic E-state index is 10.7. The van der Waals surface area contributed by atoms with E-state index < -0.39 is 11.9 Å². The molecular weight excluding hydrogens is 254 g/mol. The van der Waals surface area contributed by atoms with E-state index in [0.717, 1.165) is 17.0 Å². The maximum atomic E-state index is 10.7. The lowest BCUT2D eigenvalue weighted by Gasteiger charge is -2.09. The second kappa shape index (κ2) is 6.34. The summed E-state index contributed by atoms with van der Waals surface area (Å²) < 4.78 is 0. The molecule has 7 heteroatoms. The van der Waals surface area contributed by atoms with E-state index in [1.165, 1.54) is 11.8 Å². The molecule has 0 atom stereocenters. The second-order valence-corrected chi connectivity index (χ2v) is 4.75. The van der Waals surface area contributed by atoms with Crippen LogP contribution in [0.1, 0.15) is 23.4 Å². The highest BCUT2D eigenvalue weighted by Crippen LogP contribution is 2.18. The maximum Gasteiger partial charge on any atom is 0.303 e. The van der Waals surface area contributed by atoms with Gasteiger partial charge in [0.15, 0.2) is 5.16 Å². The van der Waals surface area contributed by atoms with Crippen LogP contribution in [0.2, 0.25) is 0 Å². The number of carbonyl (C=O) groups excluding carboxylic acids is 1. The SMILES string of the molecule is Cc1nc(SCC(N)=O)nc(C)c1CCC(=O)O. The first-order valence-electron chi connectivity index (χ1n) is 5.37. The largest absolute Gasteiger partial charge is 0.481 e. The van der Waals surface area contributed by atoms with Crippen molar-refractivity contribution in [3.05, 3.63) is 17.0 Å². The van der Waals surface area contributed by atoms with E-state index in [1.54, 1.807) is 13.8 Å². The Morgan fingerprint density at radius 3 is 2.28 bits per heavy atom. The fourth-order valence-corrected chi connectivity index (χ4v) is 2.18. The molecule has 98 valence electrons. The topological polar surface area (TPSA) is 106 Å². The summed E-state index contributed by atoms with van der Waals surface area (Å²) in [7, 11) is 0. The summed E-state index contributed by atoms with van der Waals surface area (Å²) in [6.45, 7) is 3.61. The standard InChI is InChI=1S/C11H15N3O3S/c1-6-8(3-4-10(16)17)7(2)14-11(13-6)18-5-9(12)15/h3-5H2,1-2H3,(H2,12,15)(H,16,17). The van der Waals surface area contributed by atoms with Crippen LogP contribution in [-0.4, -0.2) is 32.7 Å². The van der Waals surface area contributed by atoms with Gasteiger partial charge in [0, 0.05) is 17.8 Å². The minimum atomic E-state index is -0.846. The highest BCUT2D eigenvalue weighted by atomic mass is 32.2. The summed E-state index contributed by atoms with van der Waals surface area (Å²) in [5, 5.41) is 9.15. The van der Waals surface area contributed by atoms with Crippen LogP contribution in [-0.2, 0) is 16.0 Å². The van der Waals surface area contributed by atoms with Gasteiger partial charge < -0.3 is 10.8 Å². The molecule has 0 saturated heterocycles. The molecule has 0 aromatic carbocycles. The number of primary amides is 1. The van der Waals surface area contributed by atoms with Gasteiger partial charge in [-0.2, -0.15) is 0 Å². The van der Waals surface area contributed by atoms with Gasteiger partial charge in [0.1, 0.15) is 0 Å². The van der Waals surface area contributed by atoms with Crippen LogP contribution in [0, 0.1) is 13.8 Å². The average Bonchev–Trinajstić information content (AvgIpc) is 2.24. The van der Waals surface area contributed by atoms with Gasteiger partial charge in [-0.3, -0.25) is 9.59 Å². The number of hydrogen-bond acceptors (Lipinski definition) is 5. The van der Waals surface area contributed by atoms with Crippen LogP contribution < -0.4 is 5.73 Å². The number of hydrogen-bond donors (Lipinski definition) is 2. The van der Waals surface area contributed by atoms with Gasteiger partial charge in [-0.25, -0.2) is 9.97 Å². The zero-order chi connectivity index (χ0) is 13.7. The smallest absolute Gasteiger partial charge is 0.303 e. The number of carboxylic acids is 1. The first kappa shape index (κ1) is 14.4. The minimum absolute atomic E-state index is 0.0544. The Morgan fingerprint density at radius 1 is 1.28 bits per heavy atom. The Bertz CT molecular complexity index is 454. The number of carbonyl (C=O) groups is 2. The quantitative estimate of drug-likeness (QED) is 0.581. The third-order valence-electron chi connectivity index (χ3n) is 2.33. The van der Waals surface area contributed by atoms with Crippen molar-refractivity contribution in [2.45, 2.75) is 31.8 Å². The van der Waals surface area contributed by atoms with Crippen LogP contribution in [0.5, 0.6) is 0 Å². The van der Waals surface area contributed by atoms with Crippen LogP contribution in [0.3, 0.4) is 0 Å². The molecule has 0 bridgehead atoms. The zero-order valence-electron chi connectivity index (χ0n) is 10.3. The molecule has 0 spiro atoms. The molecule has 1 aromatic rings. The van der Waals surface area contributed by atoms with E-state index in [4.69, 9.17) is 10.8 Å². The van der Waals surface area contributed by atoms with Crippen LogP contribution in [0.4, 0.5) is 0 Å². The molecule has 1 amide bonds. The molecule has 0 aliphatic rings. The van der Waals surface area contributed by atoms with Gasteiger partial charge in [0.05, 0.1) is 5.75 Å². The summed E-state index contributed by atoms with van der Waals surface area (Å²) >= 11 is 1.18. The Labute approximate surface area is 109 Å². The monoisotopic (exact) mass is 269 g/mol. The molecule has 1 aromatic heterocycles.